The Kier molecular flexibility index (Phi) is 4.88. The molecule has 0 fully saturated rings. The van der Waals surface area contributed by atoms with Gasteiger partial charge in [0.25, 0.3) is 5.56 Å². The molecule has 0 saturated carbocycles. The number of benzene rings is 1. The number of hydrogen-bond acceptors (Lipinski definition) is 2. The summed E-state index contributed by atoms with van der Waals surface area (Å²) in [6.45, 7) is 7.19. The van der Waals surface area contributed by atoms with Crippen molar-refractivity contribution < 1.29 is 0 Å². The molecule has 1 heterocycles. The van der Waals surface area contributed by atoms with Crippen LogP contribution in [-0.2, 0) is 0 Å². The summed E-state index contributed by atoms with van der Waals surface area (Å²) in [5, 5.41) is 0.815. The van der Waals surface area contributed by atoms with Crippen LogP contribution in [0.5, 0.6) is 0 Å². The number of allylic oxidation sites excluding steroid dienone is 4. The van der Waals surface area contributed by atoms with Crippen molar-refractivity contribution in [2.45, 2.75) is 0 Å². The van der Waals surface area contributed by atoms with Gasteiger partial charge < -0.3 is 4.98 Å². The average molecular weight is 404 g/mol. The number of fused-ring (bicyclic) bond motifs is 1. The lowest BCUT2D eigenvalue weighted by atomic mass is 10.2. The average Bonchev–Trinajstić information content (AvgIpc) is 2.36. The second kappa shape index (κ2) is 6.32. The van der Waals surface area contributed by atoms with Crippen LogP contribution in [0.25, 0.3) is 16.6 Å². The molecule has 0 aliphatic heterocycles. The number of aromatic nitrogens is 2. The van der Waals surface area contributed by atoms with Crippen LogP contribution < -0.4 is 5.56 Å². The van der Waals surface area contributed by atoms with Gasteiger partial charge in [-0.15, -0.1) is 0 Å². The fourth-order valence-corrected chi connectivity index (χ4v) is 2.72. The van der Waals surface area contributed by atoms with Crippen LogP contribution in [0.15, 0.2) is 56.8 Å². The smallest absolute Gasteiger partial charge is 0.266 e. The maximum Gasteiger partial charge on any atom is 0.266 e. The molecule has 0 spiro atoms. The molecule has 3 nitrogen and oxygen atoms in total. The summed E-state index contributed by atoms with van der Waals surface area (Å²) in [6.07, 6.45) is 1.44. The van der Waals surface area contributed by atoms with E-state index in [0.29, 0.717) is 10.9 Å². The van der Waals surface area contributed by atoms with Crippen molar-refractivity contribution in [1.82, 2.24) is 9.55 Å². The molecule has 0 bridgehead atoms. The third-order valence-electron chi connectivity index (χ3n) is 2.67. The molecule has 0 atom stereocenters. The maximum atomic E-state index is 12.6. The van der Waals surface area contributed by atoms with Gasteiger partial charge in [0.2, 0.25) is 0 Å². The van der Waals surface area contributed by atoms with Crippen molar-refractivity contribution in [2.75, 3.05) is 0 Å². The van der Waals surface area contributed by atoms with Crippen molar-refractivity contribution in [1.29, 1.82) is 0 Å². The fourth-order valence-electron chi connectivity index (χ4n) is 1.82. The van der Waals surface area contributed by atoms with Gasteiger partial charge in [-0.3, -0.25) is 9.36 Å². The van der Waals surface area contributed by atoms with Crippen LogP contribution in [0.3, 0.4) is 0 Å². The molecule has 1 aromatic carbocycles. The molecule has 0 aliphatic rings. The lowest BCUT2D eigenvalue weighted by Gasteiger charge is -2.11. The Bertz CT molecular complexity index is 911. The number of hydrogen-bond donors (Lipinski definition) is 1. The molecule has 2 rings (SSSR count). The van der Waals surface area contributed by atoms with Gasteiger partial charge in [-0.1, -0.05) is 52.3 Å². The second-order valence-electron chi connectivity index (χ2n) is 4.14. The Morgan fingerprint density at radius 2 is 2.05 bits per heavy atom. The Hall–Kier alpha value is -1.14. The monoisotopic (exact) mass is 402 g/mol. The Morgan fingerprint density at radius 3 is 2.62 bits per heavy atom. The minimum Gasteiger partial charge on any atom is -0.331 e. The van der Waals surface area contributed by atoms with Crippen LogP contribution in [0, 0.1) is 4.77 Å². The van der Waals surface area contributed by atoms with Gasteiger partial charge in [0.1, 0.15) is 0 Å². The maximum absolute atomic E-state index is 12.6. The molecular weight excluding hydrogens is 395 g/mol. The summed E-state index contributed by atoms with van der Waals surface area (Å²) in [5.41, 5.74) is 0.597. The summed E-state index contributed by atoms with van der Waals surface area (Å²) >= 11 is 20.3. The van der Waals surface area contributed by atoms with E-state index < -0.39 is 0 Å². The molecule has 0 unspecified atom stereocenters. The minimum atomic E-state index is -0.313. The lowest BCUT2D eigenvalue weighted by molar-refractivity contribution is 0.968. The zero-order valence-corrected chi connectivity index (χ0v) is 14.5. The van der Waals surface area contributed by atoms with Gasteiger partial charge in [-0.25, -0.2) is 0 Å². The minimum absolute atomic E-state index is 0.134. The molecule has 2 aromatic rings. The van der Waals surface area contributed by atoms with Crippen LogP contribution in [0.1, 0.15) is 0 Å². The molecule has 1 aromatic heterocycles. The van der Waals surface area contributed by atoms with E-state index in [1.807, 2.05) is 0 Å². The summed E-state index contributed by atoms with van der Waals surface area (Å²) in [5.74, 6) is 0. The Balaban J connectivity index is 2.90. The van der Waals surface area contributed by atoms with E-state index in [1.165, 1.54) is 10.6 Å². The largest absolute Gasteiger partial charge is 0.331 e. The van der Waals surface area contributed by atoms with Crippen LogP contribution in [0.2, 0.25) is 0 Å². The predicted molar refractivity (Wildman–Crippen MR) is 95.4 cm³/mol. The van der Waals surface area contributed by atoms with Gasteiger partial charge >= 0.3 is 0 Å². The van der Waals surface area contributed by atoms with E-state index in [-0.39, 0.29) is 26.1 Å². The molecule has 1 N–H and O–H groups in total. The predicted octanol–water partition coefficient (Wildman–Crippen LogP) is 5.17. The Labute approximate surface area is 144 Å². The normalized spacial score (nSPS) is 11.7. The standard InChI is InChI=1S/C14H9BrCl2N2OS/c1-7(16)5-12(8(2)17)19-13(20)10-4-3-9(15)6-11(10)18-14(19)21/h3-6H,1-2H2,(H,18,21)/b12-5+. The quantitative estimate of drug-likeness (QED) is 0.567. The molecule has 108 valence electrons. The number of H-pyrrole nitrogens is 1. The highest BCUT2D eigenvalue weighted by atomic mass is 79.9. The van der Waals surface area contributed by atoms with Crippen LogP contribution in [-0.4, -0.2) is 9.55 Å². The summed E-state index contributed by atoms with van der Waals surface area (Å²) in [7, 11) is 0. The molecule has 0 aliphatic carbocycles. The van der Waals surface area contributed by atoms with Crippen molar-refractivity contribution in [3.8, 4) is 0 Å². The first kappa shape index (κ1) is 16.2. The number of halogens is 3. The highest BCUT2D eigenvalue weighted by Crippen LogP contribution is 2.22. The molecular formula is C14H9BrCl2N2OS. The zero-order valence-electron chi connectivity index (χ0n) is 10.6. The van der Waals surface area contributed by atoms with Gasteiger partial charge in [-0.2, -0.15) is 0 Å². The zero-order chi connectivity index (χ0) is 15.7. The first-order chi connectivity index (χ1) is 9.81. The molecule has 0 saturated heterocycles. The number of nitrogens with one attached hydrogen (secondary N) is 1. The highest BCUT2D eigenvalue weighted by Gasteiger charge is 2.12. The first-order valence-electron chi connectivity index (χ1n) is 5.67. The number of nitrogens with zero attached hydrogens (tertiary/aromatic N) is 1. The number of aromatic amines is 1. The SMILES string of the molecule is C=C(Cl)/C=C(\C(=C)Cl)n1c(=S)[nH]c2cc(Br)ccc2c1=O. The molecule has 0 radical (unpaired) electrons. The van der Waals surface area contributed by atoms with Crippen molar-refractivity contribution in [2.24, 2.45) is 0 Å². The van der Waals surface area contributed by atoms with E-state index in [4.69, 9.17) is 35.4 Å². The van der Waals surface area contributed by atoms with Gasteiger partial charge in [-0.05, 0) is 36.5 Å². The topological polar surface area (TPSA) is 37.8 Å². The highest BCUT2D eigenvalue weighted by molar-refractivity contribution is 9.10. The number of rotatable bonds is 3. The fraction of sp³-hybridized carbons (Fsp3) is 0. The van der Waals surface area contributed by atoms with Crippen molar-refractivity contribution in [3.63, 3.8) is 0 Å². The third-order valence-corrected chi connectivity index (χ3v) is 3.75. The summed E-state index contributed by atoms with van der Waals surface area (Å²) in [6, 6.07) is 5.23. The third kappa shape index (κ3) is 3.37. The second-order valence-corrected chi connectivity index (χ2v) is 6.39. The van der Waals surface area contributed by atoms with Gasteiger partial charge in [0.05, 0.1) is 21.6 Å². The molecule has 7 heteroatoms. The van der Waals surface area contributed by atoms with Gasteiger partial charge in [0.15, 0.2) is 4.77 Å². The van der Waals surface area contributed by atoms with E-state index in [0.717, 1.165) is 4.47 Å². The van der Waals surface area contributed by atoms with Crippen LogP contribution in [0.4, 0.5) is 0 Å². The van der Waals surface area contributed by atoms with Crippen molar-refractivity contribution in [3.05, 3.63) is 67.1 Å². The molecule has 0 amide bonds. The van der Waals surface area contributed by atoms with E-state index in [9.17, 15) is 4.79 Å². The summed E-state index contributed by atoms with van der Waals surface area (Å²) in [4.78, 5) is 15.6. The first-order valence-corrected chi connectivity index (χ1v) is 7.63. The van der Waals surface area contributed by atoms with E-state index >= 15 is 0 Å². The van der Waals surface area contributed by atoms with E-state index in [1.54, 1.807) is 18.2 Å². The van der Waals surface area contributed by atoms with Gasteiger partial charge in [0, 0.05) is 9.51 Å². The van der Waals surface area contributed by atoms with Crippen molar-refractivity contribution >= 4 is 67.9 Å². The van der Waals surface area contributed by atoms with E-state index in [2.05, 4.69) is 34.1 Å². The van der Waals surface area contributed by atoms with Crippen LogP contribution >= 0.6 is 51.3 Å². The molecule has 21 heavy (non-hydrogen) atoms. The summed E-state index contributed by atoms with van der Waals surface area (Å²) < 4.78 is 2.27. The lowest BCUT2D eigenvalue weighted by Crippen LogP contribution is -2.21. The Morgan fingerprint density at radius 1 is 1.38 bits per heavy atom.